The van der Waals surface area contributed by atoms with Crippen LogP contribution in [0.2, 0.25) is 0 Å². The molecule has 0 radical (unpaired) electrons. The minimum Gasteiger partial charge on any atom is -0.490 e. The van der Waals surface area contributed by atoms with E-state index in [0.29, 0.717) is 29.2 Å². The molecule has 38 heavy (non-hydrogen) atoms. The number of hydrazone groups is 1. The van der Waals surface area contributed by atoms with Gasteiger partial charge in [0.1, 0.15) is 6.61 Å². The summed E-state index contributed by atoms with van der Waals surface area (Å²) in [6, 6.07) is 23.3. The van der Waals surface area contributed by atoms with Crippen molar-refractivity contribution in [3.05, 3.63) is 95.1 Å². The van der Waals surface area contributed by atoms with Gasteiger partial charge in [-0.15, -0.1) is 0 Å². The van der Waals surface area contributed by atoms with Crippen LogP contribution in [-0.4, -0.2) is 31.4 Å². The molecule has 0 aliphatic rings. The van der Waals surface area contributed by atoms with Crippen molar-refractivity contribution < 1.29 is 23.8 Å². The highest BCUT2D eigenvalue weighted by Crippen LogP contribution is 2.29. The number of carbonyl (C=O) groups is 2. The van der Waals surface area contributed by atoms with Gasteiger partial charge in [-0.05, 0) is 49.2 Å². The maximum atomic E-state index is 12.6. The Hall–Kier alpha value is -4.84. The molecule has 0 unspecified atom stereocenters. The quantitative estimate of drug-likeness (QED) is 0.263. The van der Waals surface area contributed by atoms with Crippen molar-refractivity contribution in [2.45, 2.75) is 32.9 Å². The topological polar surface area (TPSA) is 122 Å². The molecule has 0 bridgehead atoms. The molecule has 3 aromatic carbocycles. The van der Waals surface area contributed by atoms with E-state index >= 15 is 0 Å². The highest BCUT2D eigenvalue weighted by molar-refractivity contribution is 5.83. The van der Waals surface area contributed by atoms with Crippen molar-refractivity contribution in [2.24, 2.45) is 5.10 Å². The molecule has 0 heterocycles. The van der Waals surface area contributed by atoms with Crippen molar-refractivity contribution in [1.29, 1.82) is 5.26 Å². The zero-order chi connectivity index (χ0) is 27.2. The van der Waals surface area contributed by atoms with Gasteiger partial charge in [-0.2, -0.15) is 10.4 Å². The average molecular weight is 515 g/mol. The van der Waals surface area contributed by atoms with E-state index in [4.69, 9.17) is 14.2 Å². The third kappa shape index (κ3) is 8.38. The van der Waals surface area contributed by atoms with Crippen molar-refractivity contribution in [3.8, 4) is 17.6 Å². The first kappa shape index (κ1) is 27.7. The van der Waals surface area contributed by atoms with Gasteiger partial charge in [-0.1, -0.05) is 48.5 Å². The molecule has 3 aromatic rings. The third-order valence-corrected chi connectivity index (χ3v) is 5.35. The fourth-order valence-electron chi connectivity index (χ4n) is 3.57. The highest BCUT2D eigenvalue weighted by Gasteiger charge is 2.19. The maximum absolute atomic E-state index is 12.6. The Kier molecular flexibility index (Phi) is 10.7. The number of carbonyl (C=O) groups excluding carboxylic acids is 2. The average Bonchev–Trinajstić information content (AvgIpc) is 2.93. The molecule has 1 atom stereocenters. The van der Waals surface area contributed by atoms with Crippen LogP contribution in [0.1, 0.15) is 48.6 Å². The third-order valence-electron chi connectivity index (χ3n) is 5.35. The van der Waals surface area contributed by atoms with Gasteiger partial charge in [0.15, 0.2) is 11.5 Å². The number of hydrogen-bond acceptors (Lipinski definition) is 7. The fourth-order valence-corrected chi connectivity index (χ4v) is 3.57. The number of rotatable bonds is 12. The summed E-state index contributed by atoms with van der Waals surface area (Å²) in [5.41, 5.74) is 5.28. The van der Waals surface area contributed by atoms with Gasteiger partial charge in [0.2, 0.25) is 5.91 Å². The van der Waals surface area contributed by atoms with Gasteiger partial charge in [0.25, 0.3) is 0 Å². The van der Waals surface area contributed by atoms with Crippen molar-refractivity contribution in [2.75, 3.05) is 13.2 Å². The van der Waals surface area contributed by atoms with E-state index in [9.17, 15) is 14.9 Å². The first-order valence-electron chi connectivity index (χ1n) is 12.2. The van der Waals surface area contributed by atoms with E-state index in [-0.39, 0.29) is 25.5 Å². The second-order valence-corrected chi connectivity index (χ2v) is 8.02. The smallest absolute Gasteiger partial charge is 0.407 e. The van der Waals surface area contributed by atoms with Gasteiger partial charge in [0, 0.05) is 5.56 Å². The Bertz CT molecular complexity index is 1290. The largest absolute Gasteiger partial charge is 0.490 e. The van der Waals surface area contributed by atoms with E-state index in [1.165, 1.54) is 6.21 Å². The second kappa shape index (κ2) is 14.7. The molecule has 0 aromatic heterocycles. The fraction of sp³-hybridized carbons (Fsp3) is 0.241. The number of nitrogens with zero attached hydrogens (tertiary/aromatic N) is 2. The van der Waals surface area contributed by atoms with Crippen LogP contribution in [0, 0.1) is 11.3 Å². The first-order chi connectivity index (χ1) is 18.5. The summed E-state index contributed by atoms with van der Waals surface area (Å²) >= 11 is 0. The summed E-state index contributed by atoms with van der Waals surface area (Å²) in [5, 5.41) is 16.0. The van der Waals surface area contributed by atoms with Gasteiger partial charge >= 0.3 is 6.09 Å². The van der Waals surface area contributed by atoms with Crippen LogP contribution in [-0.2, 0) is 16.1 Å². The molecule has 196 valence electrons. The number of nitriles is 1. The normalized spacial score (nSPS) is 11.3. The zero-order valence-corrected chi connectivity index (χ0v) is 21.3. The molecular weight excluding hydrogens is 484 g/mol. The molecular formula is C29H30N4O5. The second-order valence-electron chi connectivity index (χ2n) is 8.02. The standard InChI is InChI=1S/C29H30N4O5/c1-3-36-27-16-21(14-15-26(27)38-20-24-13-9-8-12-23(24)18-30)19-31-33-28(34)17-25(32-29(35)37-4-2)22-10-6-5-7-11-22/h5-16,19,25H,3-4,17,20H2,1-2H3,(H,32,35)(H,33,34)/b31-19-/t25-/m1/s1. The molecule has 0 spiro atoms. The summed E-state index contributed by atoms with van der Waals surface area (Å²) in [6.07, 6.45) is 0.867. The first-order valence-corrected chi connectivity index (χ1v) is 12.2. The van der Waals surface area contributed by atoms with Crippen LogP contribution in [0.5, 0.6) is 11.5 Å². The lowest BCUT2D eigenvalue weighted by Gasteiger charge is -2.18. The minimum absolute atomic E-state index is 0.0265. The molecule has 2 amide bonds. The van der Waals surface area contributed by atoms with Gasteiger partial charge in [-0.25, -0.2) is 10.2 Å². The number of ether oxygens (including phenoxy) is 3. The van der Waals surface area contributed by atoms with Gasteiger partial charge < -0.3 is 19.5 Å². The van der Waals surface area contributed by atoms with Crippen LogP contribution in [0.15, 0.2) is 77.9 Å². The van der Waals surface area contributed by atoms with Crippen LogP contribution in [0.4, 0.5) is 4.79 Å². The van der Waals surface area contributed by atoms with Crippen molar-refractivity contribution in [1.82, 2.24) is 10.7 Å². The molecule has 0 fully saturated rings. The molecule has 0 saturated heterocycles. The van der Waals surface area contributed by atoms with Crippen LogP contribution in [0.3, 0.4) is 0 Å². The molecule has 9 heteroatoms. The molecule has 0 aliphatic carbocycles. The predicted molar refractivity (Wildman–Crippen MR) is 143 cm³/mol. The van der Waals surface area contributed by atoms with Crippen molar-refractivity contribution in [3.63, 3.8) is 0 Å². The molecule has 3 rings (SSSR count). The van der Waals surface area contributed by atoms with E-state index in [0.717, 1.165) is 11.1 Å². The molecule has 2 N–H and O–H groups in total. The van der Waals surface area contributed by atoms with Gasteiger partial charge in [-0.3, -0.25) is 4.79 Å². The summed E-state index contributed by atoms with van der Waals surface area (Å²) in [5.74, 6) is 0.657. The zero-order valence-electron chi connectivity index (χ0n) is 21.3. The Labute approximate surface area is 222 Å². The summed E-state index contributed by atoms with van der Waals surface area (Å²) in [7, 11) is 0. The number of amides is 2. The number of nitrogens with one attached hydrogen (secondary N) is 2. The van der Waals surface area contributed by atoms with Crippen LogP contribution in [0.25, 0.3) is 0 Å². The molecule has 9 nitrogen and oxygen atoms in total. The van der Waals surface area contributed by atoms with Crippen LogP contribution >= 0.6 is 0 Å². The summed E-state index contributed by atoms with van der Waals surface area (Å²) in [4.78, 5) is 24.5. The summed E-state index contributed by atoms with van der Waals surface area (Å²) < 4.78 is 16.6. The Morgan fingerprint density at radius 1 is 0.974 bits per heavy atom. The van der Waals surface area contributed by atoms with Crippen molar-refractivity contribution >= 4 is 18.2 Å². The predicted octanol–water partition coefficient (Wildman–Crippen LogP) is 4.86. The number of alkyl carbamates (subject to hydrolysis) is 1. The lowest BCUT2D eigenvalue weighted by atomic mass is 10.0. The SMILES string of the molecule is CCOC(=O)N[C@H](CC(=O)N/N=C\c1ccc(OCc2ccccc2C#N)c(OCC)c1)c1ccccc1. The highest BCUT2D eigenvalue weighted by atomic mass is 16.5. The molecule has 0 saturated carbocycles. The molecule has 0 aliphatic heterocycles. The maximum Gasteiger partial charge on any atom is 0.407 e. The Morgan fingerprint density at radius 3 is 2.47 bits per heavy atom. The van der Waals surface area contributed by atoms with E-state index in [1.54, 1.807) is 37.3 Å². The number of hydrogen-bond donors (Lipinski definition) is 2. The Morgan fingerprint density at radius 2 is 1.74 bits per heavy atom. The monoisotopic (exact) mass is 514 g/mol. The number of benzene rings is 3. The van der Waals surface area contributed by atoms with E-state index in [2.05, 4.69) is 21.9 Å². The lowest BCUT2D eigenvalue weighted by Crippen LogP contribution is -2.33. The Balaban J connectivity index is 1.63. The van der Waals surface area contributed by atoms with Crippen LogP contribution < -0.4 is 20.2 Å². The lowest BCUT2D eigenvalue weighted by molar-refractivity contribution is -0.121. The van der Waals surface area contributed by atoms with E-state index < -0.39 is 12.1 Å². The van der Waals surface area contributed by atoms with E-state index in [1.807, 2.05) is 49.4 Å². The summed E-state index contributed by atoms with van der Waals surface area (Å²) in [6.45, 7) is 4.45. The van der Waals surface area contributed by atoms with Gasteiger partial charge in [0.05, 0.1) is 43.5 Å². The minimum atomic E-state index is -0.598.